The first-order chi connectivity index (χ1) is 39.6. The number of carboxylic acid groups (broad SMARTS) is 1. The van der Waals surface area contributed by atoms with Crippen LogP contribution >= 0.6 is 0 Å². The Kier molecular flexibility index (Phi) is 61.1. The summed E-state index contributed by atoms with van der Waals surface area (Å²) in [5.41, 5.74) is 0. The summed E-state index contributed by atoms with van der Waals surface area (Å²) in [5.74, 6) is -1.99. The van der Waals surface area contributed by atoms with Crippen molar-refractivity contribution >= 4 is 17.9 Å². The summed E-state index contributed by atoms with van der Waals surface area (Å²) in [6.45, 7) is 4.90. The van der Waals surface area contributed by atoms with Crippen LogP contribution in [0.25, 0.3) is 0 Å². The number of nitrogens with zero attached hydrogens (tertiary/aromatic N) is 1. The predicted octanol–water partition coefficient (Wildman–Crippen LogP) is 21.4. The van der Waals surface area contributed by atoms with Gasteiger partial charge in [-0.05, 0) is 77.0 Å². The quantitative estimate of drug-likeness (QED) is 0.0211. The van der Waals surface area contributed by atoms with E-state index < -0.39 is 18.4 Å². The number of hydrogen-bond donors (Lipinski definition) is 1. The molecule has 0 heterocycles. The van der Waals surface area contributed by atoms with E-state index in [1.807, 2.05) is 21.1 Å². The van der Waals surface area contributed by atoms with E-state index in [1.165, 1.54) is 257 Å². The number of carbonyl (C=O) groups is 3. The third-order valence-electron chi connectivity index (χ3n) is 15.6. The lowest BCUT2D eigenvalue weighted by atomic mass is 10.0. The molecule has 0 radical (unpaired) electrons. The molecular formula is C72H134NO8+. The van der Waals surface area contributed by atoms with Gasteiger partial charge in [0.2, 0.25) is 0 Å². The fourth-order valence-electron chi connectivity index (χ4n) is 10.2. The zero-order valence-corrected chi connectivity index (χ0v) is 54.2. The minimum Gasteiger partial charge on any atom is -0.477 e. The van der Waals surface area contributed by atoms with Gasteiger partial charge in [-0.1, -0.05) is 294 Å². The fraction of sp³-hybridized carbons (Fsp3) is 0.847. The van der Waals surface area contributed by atoms with Gasteiger partial charge in [-0.3, -0.25) is 9.59 Å². The molecule has 2 atom stereocenters. The number of quaternary nitrogens is 1. The molecule has 0 aliphatic rings. The van der Waals surface area contributed by atoms with Gasteiger partial charge in [0.05, 0.1) is 34.4 Å². The molecule has 0 aromatic heterocycles. The van der Waals surface area contributed by atoms with Gasteiger partial charge >= 0.3 is 17.9 Å². The van der Waals surface area contributed by atoms with Crippen molar-refractivity contribution in [2.24, 2.45) is 0 Å². The van der Waals surface area contributed by atoms with Gasteiger partial charge in [0.1, 0.15) is 13.2 Å². The third-order valence-corrected chi connectivity index (χ3v) is 15.6. The molecule has 0 aliphatic carbocycles. The topological polar surface area (TPSA) is 108 Å². The minimum absolute atomic E-state index is 0.180. The van der Waals surface area contributed by atoms with Crippen LogP contribution in [0.15, 0.2) is 48.6 Å². The molecule has 0 aliphatic heterocycles. The summed E-state index contributed by atoms with van der Waals surface area (Å²) in [6.07, 6.45) is 78.1. The summed E-state index contributed by atoms with van der Waals surface area (Å²) in [7, 11) is 5.98. The Balaban J connectivity index is 3.97. The zero-order chi connectivity index (χ0) is 59.1. The minimum atomic E-state index is -1.51. The SMILES string of the molecule is CCCCCCC/C=C\C/C=C\C/C=C\CCCCCCCCCCCCCCCCCCCCCCCCCCC(=O)OC(COC(=O)CCCCCCCCC/C=C\CCCCCCCC)COC(OCC[N+](C)(C)C)C(=O)O. The van der Waals surface area contributed by atoms with Crippen LogP contribution in [0.4, 0.5) is 0 Å². The molecular weight excluding hydrogens is 1010 g/mol. The van der Waals surface area contributed by atoms with Crippen molar-refractivity contribution in [2.45, 2.75) is 347 Å². The van der Waals surface area contributed by atoms with Crippen LogP contribution in [0.5, 0.6) is 0 Å². The lowest BCUT2D eigenvalue weighted by molar-refractivity contribution is -0.870. The highest BCUT2D eigenvalue weighted by molar-refractivity contribution is 5.71. The van der Waals surface area contributed by atoms with Crippen molar-refractivity contribution in [2.75, 3.05) is 47.5 Å². The normalized spacial score (nSPS) is 13.0. The van der Waals surface area contributed by atoms with Crippen LogP contribution in [-0.4, -0.2) is 87.4 Å². The van der Waals surface area contributed by atoms with Gasteiger partial charge in [0.15, 0.2) is 6.10 Å². The van der Waals surface area contributed by atoms with Crippen LogP contribution in [-0.2, 0) is 33.3 Å². The van der Waals surface area contributed by atoms with E-state index in [9.17, 15) is 19.5 Å². The molecule has 0 saturated heterocycles. The van der Waals surface area contributed by atoms with E-state index in [1.54, 1.807) is 0 Å². The Hall–Kier alpha value is -2.75. The first-order valence-corrected chi connectivity index (χ1v) is 34.8. The monoisotopic (exact) mass is 1140 g/mol. The van der Waals surface area contributed by atoms with Crippen LogP contribution in [0.3, 0.4) is 0 Å². The number of esters is 2. The average Bonchev–Trinajstić information content (AvgIpc) is 3.44. The van der Waals surface area contributed by atoms with E-state index in [2.05, 4.69) is 62.5 Å². The zero-order valence-electron chi connectivity index (χ0n) is 54.2. The second kappa shape index (κ2) is 63.3. The molecule has 0 saturated carbocycles. The first-order valence-electron chi connectivity index (χ1n) is 34.8. The van der Waals surface area contributed by atoms with Crippen molar-refractivity contribution < 1.29 is 42.9 Å². The Morgan fingerprint density at radius 3 is 1.00 bits per heavy atom. The Labute approximate surface area is 502 Å². The van der Waals surface area contributed by atoms with Gasteiger partial charge in [-0.15, -0.1) is 0 Å². The summed E-state index contributed by atoms with van der Waals surface area (Å²) in [6, 6.07) is 0. The van der Waals surface area contributed by atoms with E-state index in [-0.39, 0.29) is 38.2 Å². The van der Waals surface area contributed by atoms with E-state index in [0.29, 0.717) is 17.4 Å². The van der Waals surface area contributed by atoms with Crippen molar-refractivity contribution in [3.63, 3.8) is 0 Å². The van der Waals surface area contributed by atoms with Crippen molar-refractivity contribution in [1.82, 2.24) is 0 Å². The van der Waals surface area contributed by atoms with Gasteiger partial charge < -0.3 is 28.5 Å². The van der Waals surface area contributed by atoms with Gasteiger partial charge in [-0.25, -0.2) is 4.79 Å². The van der Waals surface area contributed by atoms with Crippen molar-refractivity contribution in [1.29, 1.82) is 0 Å². The Bertz CT molecular complexity index is 1470. The number of aliphatic carboxylic acids is 1. The summed E-state index contributed by atoms with van der Waals surface area (Å²) >= 11 is 0. The molecule has 474 valence electrons. The number of likely N-dealkylation sites (N-methyl/N-ethyl adjacent to an activating group) is 1. The highest BCUT2D eigenvalue weighted by Gasteiger charge is 2.25. The van der Waals surface area contributed by atoms with Gasteiger partial charge in [0.25, 0.3) is 6.29 Å². The maximum Gasteiger partial charge on any atom is 0.361 e. The highest BCUT2D eigenvalue weighted by atomic mass is 16.7. The molecule has 81 heavy (non-hydrogen) atoms. The second-order valence-electron chi connectivity index (χ2n) is 24.8. The van der Waals surface area contributed by atoms with Crippen LogP contribution < -0.4 is 0 Å². The largest absolute Gasteiger partial charge is 0.477 e. The van der Waals surface area contributed by atoms with Crippen molar-refractivity contribution in [3.8, 4) is 0 Å². The maximum atomic E-state index is 12.9. The summed E-state index contributed by atoms with van der Waals surface area (Å²) in [4.78, 5) is 37.5. The standard InChI is InChI=1S/C72H133NO8/c1-6-8-10-12-14-16-18-20-22-24-25-26-27-28-29-30-31-32-33-34-35-36-37-38-39-40-41-42-43-44-45-47-49-51-53-55-57-59-61-63-70(75)81-68(67-80-72(71(76)77)78-65-64-73(3,4)5)66-79-69(74)62-60-58-56-54-52-50-48-46-23-21-19-17-15-13-11-9-7-2/h18,20-21,23-25,27-28,68,72H,6-17,19,22,26,29-67H2,1-5H3/p+1/b20-18-,23-21-,25-24-,28-27-. The number of carbonyl (C=O) groups excluding carboxylic acids is 2. The molecule has 0 rings (SSSR count). The number of unbranched alkanes of at least 4 members (excludes halogenated alkanes) is 42. The van der Waals surface area contributed by atoms with Crippen LogP contribution in [0.1, 0.15) is 335 Å². The van der Waals surface area contributed by atoms with Crippen LogP contribution in [0, 0.1) is 0 Å². The molecule has 9 heteroatoms. The molecule has 9 nitrogen and oxygen atoms in total. The predicted molar refractivity (Wildman–Crippen MR) is 346 cm³/mol. The lowest BCUT2D eigenvalue weighted by Gasteiger charge is -2.25. The van der Waals surface area contributed by atoms with E-state index in [4.69, 9.17) is 18.9 Å². The number of hydrogen-bond acceptors (Lipinski definition) is 7. The molecule has 0 amide bonds. The average molecular weight is 1140 g/mol. The van der Waals surface area contributed by atoms with E-state index in [0.717, 1.165) is 51.4 Å². The van der Waals surface area contributed by atoms with Gasteiger partial charge in [-0.2, -0.15) is 0 Å². The molecule has 0 fully saturated rings. The first kappa shape index (κ1) is 78.2. The number of rotatable bonds is 65. The fourth-order valence-corrected chi connectivity index (χ4v) is 10.2. The third kappa shape index (κ3) is 64.7. The summed E-state index contributed by atoms with van der Waals surface area (Å²) < 4.78 is 22.9. The molecule has 1 N–H and O–H groups in total. The number of ether oxygens (including phenoxy) is 4. The molecule has 0 spiro atoms. The molecule has 0 bridgehead atoms. The van der Waals surface area contributed by atoms with Crippen LogP contribution in [0.2, 0.25) is 0 Å². The number of allylic oxidation sites excluding steroid dienone is 8. The molecule has 0 aromatic carbocycles. The second-order valence-corrected chi connectivity index (χ2v) is 24.8. The van der Waals surface area contributed by atoms with Crippen molar-refractivity contribution in [3.05, 3.63) is 48.6 Å². The Morgan fingerprint density at radius 1 is 0.370 bits per heavy atom. The Morgan fingerprint density at radius 2 is 0.667 bits per heavy atom. The molecule has 2 unspecified atom stereocenters. The smallest absolute Gasteiger partial charge is 0.361 e. The van der Waals surface area contributed by atoms with E-state index >= 15 is 0 Å². The molecule has 0 aromatic rings. The van der Waals surface area contributed by atoms with Gasteiger partial charge in [0, 0.05) is 12.8 Å². The summed E-state index contributed by atoms with van der Waals surface area (Å²) in [5, 5.41) is 9.73. The lowest BCUT2D eigenvalue weighted by Crippen LogP contribution is -2.40. The number of carboxylic acids is 1. The highest BCUT2D eigenvalue weighted by Crippen LogP contribution is 2.18. The maximum absolute atomic E-state index is 12.9.